The Hall–Kier alpha value is -1.42. The van der Waals surface area contributed by atoms with E-state index in [4.69, 9.17) is 0 Å². The lowest BCUT2D eigenvalue weighted by Crippen LogP contribution is -2.13. The zero-order valence-corrected chi connectivity index (χ0v) is 8.77. The molecule has 0 amide bonds. The van der Waals surface area contributed by atoms with Gasteiger partial charge in [-0.3, -0.25) is 5.10 Å². The number of rotatable bonds is 1. The summed E-state index contributed by atoms with van der Waals surface area (Å²) in [4.78, 5) is 6.59. The van der Waals surface area contributed by atoms with E-state index in [1.165, 1.54) is 24.0 Å². The minimum atomic E-state index is 0.587. The van der Waals surface area contributed by atoms with Gasteiger partial charge in [0.15, 0.2) is 5.65 Å². The fourth-order valence-corrected chi connectivity index (χ4v) is 2.35. The fourth-order valence-electron chi connectivity index (χ4n) is 2.35. The molecule has 1 aliphatic heterocycles. The van der Waals surface area contributed by atoms with Crippen LogP contribution in [0, 0.1) is 0 Å². The number of fused-ring (bicyclic) bond motifs is 1. The summed E-state index contributed by atoms with van der Waals surface area (Å²) in [6.07, 6.45) is 3.00. The van der Waals surface area contributed by atoms with Crippen LogP contribution in [0.5, 0.6) is 0 Å². The van der Waals surface area contributed by atoms with Gasteiger partial charge in [0, 0.05) is 29.7 Å². The molecule has 4 heteroatoms. The molecule has 4 nitrogen and oxygen atoms in total. The van der Waals surface area contributed by atoms with Gasteiger partial charge in [-0.25, -0.2) is 4.98 Å². The van der Waals surface area contributed by atoms with Crippen LogP contribution in [0.4, 0.5) is 0 Å². The van der Waals surface area contributed by atoms with Crippen molar-refractivity contribution < 1.29 is 0 Å². The van der Waals surface area contributed by atoms with Gasteiger partial charge in [-0.2, -0.15) is 5.10 Å². The summed E-state index contributed by atoms with van der Waals surface area (Å²) in [6, 6.07) is 4.07. The van der Waals surface area contributed by atoms with Crippen molar-refractivity contribution in [3.8, 4) is 0 Å². The molecule has 0 aliphatic carbocycles. The Bertz CT molecular complexity index is 476. The average molecular weight is 202 g/mol. The molecule has 1 atom stereocenters. The molecule has 1 aliphatic rings. The average Bonchev–Trinajstić information content (AvgIpc) is 2.83. The van der Waals surface area contributed by atoms with E-state index in [0.717, 1.165) is 12.2 Å². The molecule has 0 spiro atoms. The normalized spacial score (nSPS) is 22.6. The minimum Gasteiger partial charge on any atom is -0.306 e. The zero-order chi connectivity index (χ0) is 10.3. The highest BCUT2D eigenvalue weighted by molar-refractivity contribution is 5.77. The highest BCUT2D eigenvalue weighted by Gasteiger charge is 2.24. The third-order valence-electron chi connectivity index (χ3n) is 3.16. The van der Waals surface area contributed by atoms with Crippen molar-refractivity contribution in [1.82, 2.24) is 20.1 Å². The number of likely N-dealkylation sites (tertiary alicyclic amines) is 1. The first-order valence-corrected chi connectivity index (χ1v) is 5.32. The lowest BCUT2D eigenvalue weighted by molar-refractivity contribution is 0.411. The predicted octanol–water partition coefficient (Wildman–Crippen LogP) is 1.38. The Morgan fingerprint density at radius 1 is 1.53 bits per heavy atom. The van der Waals surface area contributed by atoms with Crippen LogP contribution in [0.1, 0.15) is 18.0 Å². The molecule has 3 heterocycles. The smallest absolute Gasteiger partial charge is 0.181 e. The molecule has 0 saturated carbocycles. The predicted molar refractivity (Wildman–Crippen MR) is 58.7 cm³/mol. The van der Waals surface area contributed by atoms with E-state index < -0.39 is 0 Å². The van der Waals surface area contributed by atoms with Gasteiger partial charge < -0.3 is 4.90 Å². The van der Waals surface area contributed by atoms with Crippen LogP contribution in [0.2, 0.25) is 0 Å². The Labute approximate surface area is 88.3 Å². The highest BCUT2D eigenvalue weighted by atomic mass is 15.2. The molecule has 3 rings (SSSR count). The van der Waals surface area contributed by atoms with Crippen molar-refractivity contribution in [2.45, 2.75) is 12.3 Å². The van der Waals surface area contributed by atoms with Gasteiger partial charge in [-0.05, 0) is 32.1 Å². The van der Waals surface area contributed by atoms with Crippen LogP contribution in [-0.4, -0.2) is 40.2 Å². The van der Waals surface area contributed by atoms with Crippen LogP contribution in [0.25, 0.3) is 11.0 Å². The van der Waals surface area contributed by atoms with E-state index in [0.29, 0.717) is 5.92 Å². The topological polar surface area (TPSA) is 44.8 Å². The molecule has 2 aromatic heterocycles. The molecule has 1 saturated heterocycles. The number of likely N-dealkylation sites (N-methyl/N-ethyl adjacent to an activating group) is 1. The summed E-state index contributed by atoms with van der Waals surface area (Å²) in [5, 5.41) is 8.55. The lowest BCUT2D eigenvalue weighted by Gasteiger charge is -2.08. The van der Waals surface area contributed by atoms with Gasteiger partial charge in [0.2, 0.25) is 0 Å². The molecular formula is C11H14N4. The Morgan fingerprint density at radius 3 is 3.27 bits per heavy atom. The molecule has 78 valence electrons. The number of aromatic nitrogens is 3. The van der Waals surface area contributed by atoms with Gasteiger partial charge in [0.1, 0.15) is 0 Å². The van der Waals surface area contributed by atoms with Gasteiger partial charge in [-0.1, -0.05) is 0 Å². The Balaban J connectivity index is 2.04. The largest absolute Gasteiger partial charge is 0.306 e. The molecule has 15 heavy (non-hydrogen) atoms. The monoisotopic (exact) mass is 202 g/mol. The maximum atomic E-state index is 4.24. The SMILES string of the molecule is CN1CC[C@@H](c2[nH]nc3ncccc23)C1. The zero-order valence-electron chi connectivity index (χ0n) is 8.77. The number of H-pyrrole nitrogens is 1. The summed E-state index contributed by atoms with van der Waals surface area (Å²) < 4.78 is 0. The second-order valence-electron chi connectivity index (χ2n) is 4.26. The summed E-state index contributed by atoms with van der Waals surface area (Å²) in [5.41, 5.74) is 2.09. The minimum absolute atomic E-state index is 0.587. The van der Waals surface area contributed by atoms with Crippen molar-refractivity contribution >= 4 is 11.0 Å². The molecule has 1 N–H and O–H groups in total. The third-order valence-corrected chi connectivity index (χ3v) is 3.16. The quantitative estimate of drug-likeness (QED) is 0.759. The number of hydrogen-bond acceptors (Lipinski definition) is 3. The first-order chi connectivity index (χ1) is 7.34. The van der Waals surface area contributed by atoms with E-state index >= 15 is 0 Å². The Morgan fingerprint density at radius 2 is 2.47 bits per heavy atom. The molecule has 0 bridgehead atoms. The maximum Gasteiger partial charge on any atom is 0.181 e. The second kappa shape index (κ2) is 3.31. The number of pyridine rings is 1. The van der Waals surface area contributed by atoms with Crippen LogP contribution < -0.4 is 0 Å². The summed E-state index contributed by atoms with van der Waals surface area (Å²) in [6.45, 7) is 2.29. The highest BCUT2D eigenvalue weighted by Crippen LogP contribution is 2.29. The van der Waals surface area contributed by atoms with Gasteiger partial charge >= 0.3 is 0 Å². The summed E-state index contributed by atoms with van der Waals surface area (Å²) in [5.74, 6) is 0.587. The first kappa shape index (κ1) is 8.85. The van der Waals surface area contributed by atoms with E-state index in [-0.39, 0.29) is 0 Å². The van der Waals surface area contributed by atoms with Crippen molar-refractivity contribution in [3.05, 3.63) is 24.0 Å². The molecular weight excluding hydrogens is 188 g/mol. The number of nitrogens with zero attached hydrogens (tertiary/aromatic N) is 3. The first-order valence-electron chi connectivity index (χ1n) is 5.32. The lowest BCUT2D eigenvalue weighted by atomic mass is 10.0. The number of aromatic amines is 1. The molecule has 0 aromatic carbocycles. The molecule has 1 fully saturated rings. The van der Waals surface area contributed by atoms with Crippen molar-refractivity contribution in [2.24, 2.45) is 0 Å². The van der Waals surface area contributed by atoms with Gasteiger partial charge in [0.25, 0.3) is 0 Å². The van der Waals surface area contributed by atoms with Crippen molar-refractivity contribution in [3.63, 3.8) is 0 Å². The molecule has 0 unspecified atom stereocenters. The van der Waals surface area contributed by atoms with E-state index in [2.05, 4.69) is 33.2 Å². The second-order valence-corrected chi connectivity index (χ2v) is 4.26. The van der Waals surface area contributed by atoms with E-state index in [9.17, 15) is 0 Å². The standard InChI is InChI=1S/C11H14N4/c1-15-6-4-8(7-15)10-9-3-2-5-12-11(9)14-13-10/h2-3,5,8H,4,6-7H2,1H3,(H,12,13,14)/t8-/m1/s1. The molecule has 2 aromatic rings. The van der Waals surface area contributed by atoms with Crippen LogP contribution in [-0.2, 0) is 0 Å². The fraction of sp³-hybridized carbons (Fsp3) is 0.455. The van der Waals surface area contributed by atoms with Crippen LogP contribution in [0.15, 0.2) is 18.3 Å². The molecule has 0 radical (unpaired) electrons. The Kier molecular flexibility index (Phi) is 1.95. The van der Waals surface area contributed by atoms with E-state index in [1.54, 1.807) is 6.20 Å². The van der Waals surface area contributed by atoms with E-state index in [1.807, 2.05) is 6.07 Å². The van der Waals surface area contributed by atoms with Crippen LogP contribution in [0.3, 0.4) is 0 Å². The van der Waals surface area contributed by atoms with Crippen molar-refractivity contribution in [1.29, 1.82) is 0 Å². The third kappa shape index (κ3) is 1.41. The van der Waals surface area contributed by atoms with Gasteiger partial charge in [0.05, 0.1) is 0 Å². The van der Waals surface area contributed by atoms with Crippen molar-refractivity contribution in [2.75, 3.05) is 20.1 Å². The maximum absolute atomic E-state index is 4.24. The van der Waals surface area contributed by atoms with Crippen LogP contribution >= 0.6 is 0 Å². The summed E-state index contributed by atoms with van der Waals surface area (Å²) in [7, 11) is 2.16. The number of hydrogen-bond donors (Lipinski definition) is 1. The summed E-state index contributed by atoms with van der Waals surface area (Å²) >= 11 is 0. The number of nitrogens with one attached hydrogen (secondary N) is 1. The van der Waals surface area contributed by atoms with Gasteiger partial charge in [-0.15, -0.1) is 0 Å².